The second-order valence-electron chi connectivity index (χ2n) is 26.1. The lowest BCUT2D eigenvalue weighted by Crippen LogP contribution is -2.47. The van der Waals surface area contributed by atoms with Crippen LogP contribution in [-0.4, -0.2) is 69.4 Å². The molecule has 0 aliphatic heterocycles. The fourth-order valence-corrected chi connectivity index (χ4v) is 11.5. The maximum atomic E-state index is 13.6. The van der Waals surface area contributed by atoms with E-state index in [9.17, 15) is 19.0 Å². The van der Waals surface area contributed by atoms with E-state index in [1.54, 1.807) is 0 Å². The van der Waals surface area contributed by atoms with Crippen molar-refractivity contribution in [2.75, 3.05) is 40.9 Å². The van der Waals surface area contributed by atoms with E-state index in [2.05, 4.69) is 74.7 Å². The van der Waals surface area contributed by atoms with E-state index in [1.807, 2.05) is 33.3 Å². The molecule has 0 aliphatic rings. The van der Waals surface area contributed by atoms with Crippen molar-refractivity contribution >= 4 is 19.7 Å². The summed E-state index contributed by atoms with van der Waals surface area (Å²) in [7, 11) is 1.17. The highest BCUT2D eigenvalue weighted by Crippen LogP contribution is 2.38. The lowest BCUT2D eigenvalue weighted by molar-refractivity contribution is -0.870. The summed E-state index contributed by atoms with van der Waals surface area (Å²) in [4.78, 5) is 40.2. The Hall–Kier alpha value is -2.29. The van der Waals surface area contributed by atoms with Gasteiger partial charge in [-0.25, -0.2) is 0 Å². The number of hydrogen-bond acceptors (Lipinski definition) is 7. The van der Waals surface area contributed by atoms with E-state index >= 15 is 0 Å². The Bertz CT molecular complexity index is 1640. The van der Waals surface area contributed by atoms with Gasteiger partial charge in [0.15, 0.2) is 0 Å². The normalized spacial score (nSPS) is 13.8. The van der Waals surface area contributed by atoms with Crippen LogP contribution in [0.5, 0.6) is 0 Å². The first-order chi connectivity index (χ1) is 41.4. The number of nitrogens with zero attached hydrogens (tertiary/aromatic N) is 1. The summed E-state index contributed by atoms with van der Waals surface area (Å²) in [6.45, 7) is 6.84. The van der Waals surface area contributed by atoms with Gasteiger partial charge in [-0.1, -0.05) is 326 Å². The van der Waals surface area contributed by atoms with Gasteiger partial charge in [0.1, 0.15) is 19.3 Å². The summed E-state index contributed by atoms with van der Waals surface area (Å²) in [5, 5.41) is 3.03. The van der Waals surface area contributed by atoms with Gasteiger partial charge in [0.2, 0.25) is 5.91 Å². The standard InChI is InChI=1S/C75H141N2O7P/c1-7-10-13-16-19-22-25-28-30-32-34-35-36-37-38-39-40-41-43-45-47-50-53-56-59-62-65-68-75(79)84-73(66-63-60-57-54-51-48-27-24-21-18-15-12-9-3)72(71-83-85(80,81)82-70-69-77(4,5)6)76-74(78)67-64-61-58-55-52-49-46-44-42-33-31-29-26-23-20-17-14-11-8-2/h20,23,29,31,42,44,49,52,63,66,72-73H,7-19,21-22,24-28,30,32-41,43,45-48,50-51,53-62,64-65,67-71H2,1-6H3,(H-,76,78,80,81)/b23-20-,31-29-,44-42-,52-49-,66-63-. The monoisotopic (exact) mass is 1210 g/mol. The largest absolute Gasteiger partial charge is 0.756 e. The van der Waals surface area contributed by atoms with E-state index < -0.39 is 26.6 Å². The maximum absolute atomic E-state index is 13.6. The number of esters is 1. The molecule has 1 amide bonds. The zero-order valence-corrected chi connectivity index (χ0v) is 58.0. The first-order valence-electron chi connectivity index (χ1n) is 36.6. The molecule has 0 saturated carbocycles. The number of carbonyl (C=O) groups excluding carboxylic acids is 2. The van der Waals surface area contributed by atoms with Gasteiger partial charge in [0.05, 0.1) is 33.8 Å². The molecule has 9 nitrogen and oxygen atoms in total. The minimum atomic E-state index is -4.71. The third-order valence-corrected chi connectivity index (χ3v) is 17.4. The molecule has 0 bridgehead atoms. The van der Waals surface area contributed by atoms with E-state index in [4.69, 9.17) is 13.8 Å². The summed E-state index contributed by atoms with van der Waals surface area (Å²) in [6, 6.07) is -0.906. The molecule has 85 heavy (non-hydrogen) atoms. The zero-order valence-electron chi connectivity index (χ0n) is 57.1. The molecule has 1 N–H and O–H groups in total. The highest BCUT2D eigenvalue weighted by atomic mass is 31.2. The summed E-state index contributed by atoms with van der Waals surface area (Å²) in [5.41, 5.74) is 0. The van der Waals surface area contributed by atoms with E-state index in [1.165, 1.54) is 238 Å². The number of carbonyl (C=O) groups is 2. The van der Waals surface area contributed by atoms with E-state index in [0.29, 0.717) is 17.4 Å². The third kappa shape index (κ3) is 66.0. The summed E-state index contributed by atoms with van der Waals surface area (Å²) in [5.74, 6) is -0.562. The Morgan fingerprint density at radius 1 is 0.412 bits per heavy atom. The second kappa shape index (κ2) is 64.7. The third-order valence-electron chi connectivity index (χ3n) is 16.5. The molecule has 0 heterocycles. The van der Waals surface area contributed by atoms with Gasteiger partial charge in [-0.15, -0.1) is 0 Å². The minimum Gasteiger partial charge on any atom is -0.756 e. The first-order valence-corrected chi connectivity index (χ1v) is 38.1. The Morgan fingerprint density at radius 3 is 1.11 bits per heavy atom. The van der Waals surface area contributed by atoms with Crippen molar-refractivity contribution < 1.29 is 37.3 Å². The summed E-state index contributed by atoms with van der Waals surface area (Å²) in [6.07, 6.45) is 83.6. The number of amides is 1. The van der Waals surface area contributed by atoms with E-state index in [0.717, 1.165) is 77.0 Å². The fourth-order valence-electron chi connectivity index (χ4n) is 10.8. The highest BCUT2D eigenvalue weighted by Gasteiger charge is 2.27. The quantitative estimate of drug-likeness (QED) is 0.0212. The molecule has 10 heteroatoms. The van der Waals surface area contributed by atoms with Crippen molar-refractivity contribution in [3.63, 3.8) is 0 Å². The number of quaternary nitrogens is 1. The molecule has 0 saturated heterocycles. The summed E-state index contributed by atoms with van der Waals surface area (Å²) >= 11 is 0. The van der Waals surface area contributed by atoms with Gasteiger partial charge < -0.3 is 28.5 Å². The Kier molecular flexibility index (Phi) is 62.9. The molecular weight excluding hydrogens is 1070 g/mol. The Morgan fingerprint density at radius 2 is 0.718 bits per heavy atom. The zero-order chi connectivity index (χ0) is 62.1. The lowest BCUT2D eigenvalue weighted by Gasteiger charge is -2.30. The SMILES string of the molecule is CCCCC/C=C\C/C=C\C/C=C\C/C=C\CCCCCC(=O)NC(COP(=O)([O-])OCC[N+](C)(C)C)C(/C=C\CCCCCCCCCCCCC)OC(=O)CCCCCCCCCCCCCCCCCCCCCCCCCCCCC. The average molecular weight is 1210 g/mol. The number of phosphoric acid groups is 1. The van der Waals surface area contributed by atoms with Crippen LogP contribution in [0.3, 0.4) is 0 Å². The van der Waals surface area contributed by atoms with Crippen LogP contribution < -0.4 is 10.2 Å². The molecule has 0 aromatic rings. The van der Waals surface area contributed by atoms with Crippen LogP contribution in [-0.2, 0) is 27.9 Å². The van der Waals surface area contributed by atoms with Crippen LogP contribution in [0, 0.1) is 0 Å². The smallest absolute Gasteiger partial charge is 0.306 e. The highest BCUT2D eigenvalue weighted by molar-refractivity contribution is 7.45. The van der Waals surface area contributed by atoms with Crippen molar-refractivity contribution in [2.45, 2.75) is 367 Å². The van der Waals surface area contributed by atoms with Crippen LogP contribution in [0.2, 0.25) is 0 Å². The second-order valence-corrected chi connectivity index (χ2v) is 27.5. The van der Waals surface area contributed by atoms with Crippen molar-refractivity contribution in [2.24, 2.45) is 0 Å². The van der Waals surface area contributed by atoms with Gasteiger partial charge >= 0.3 is 5.97 Å². The number of unbranched alkanes of at least 4 members (excludes halogenated alkanes) is 43. The van der Waals surface area contributed by atoms with Gasteiger partial charge in [-0.05, 0) is 76.7 Å². The number of hydrogen-bond donors (Lipinski definition) is 1. The number of likely N-dealkylation sites (N-methyl/N-ethyl adjacent to an activating group) is 1. The molecule has 0 aromatic carbocycles. The van der Waals surface area contributed by atoms with Crippen molar-refractivity contribution in [3.8, 4) is 0 Å². The topological polar surface area (TPSA) is 114 Å². The number of rotatable bonds is 67. The lowest BCUT2D eigenvalue weighted by atomic mass is 10.0. The number of nitrogens with one attached hydrogen (secondary N) is 1. The molecule has 3 unspecified atom stereocenters. The van der Waals surface area contributed by atoms with Gasteiger partial charge in [-0.3, -0.25) is 14.2 Å². The Balaban J connectivity index is 5.06. The van der Waals surface area contributed by atoms with Gasteiger partial charge in [-0.2, -0.15) is 0 Å². The molecule has 0 rings (SSSR count). The predicted octanol–water partition coefficient (Wildman–Crippen LogP) is 22.7. The van der Waals surface area contributed by atoms with Crippen LogP contribution in [0.4, 0.5) is 0 Å². The van der Waals surface area contributed by atoms with Crippen LogP contribution in [0.15, 0.2) is 60.8 Å². The predicted molar refractivity (Wildman–Crippen MR) is 367 cm³/mol. The number of phosphoric ester groups is 1. The number of allylic oxidation sites excluding steroid dienone is 9. The number of ether oxygens (including phenoxy) is 1. The molecule has 0 spiro atoms. The minimum absolute atomic E-state index is 0.0285. The van der Waals surface area contributed by atoms with E-state index in [-0.39, 0.29) is 31.3 Å². The van der Waals surface area contributed by atoms with Crippen LogP contribution >= 0.6 is 7.82 Å². The molecular formula is C75H141N2O7P. The van der Waals surface area contributed by atoms with Gasteiger partial charge in [0.25, 0.3) is 7.82 Å². The molecule has 498 valence electrons. The Labute approximate surface area is 528 Å². The first kappa shape index (κ1) is 82.7. The summed E-state index contributed by atoms with van der Waals surface area (Å²) < 4.78 is 30.4. The van der Waals surface area contributed by atoms with Crippen molar-refractivity contribution in [3.05, 3.63) is 60.8 Å². The molecule has 0 radical (unpaired) electrons. The van der Waals surface area contributed by atoms with Gasteiger partial charge in [0, 0.05) is 12.8 Å². The van der Waals surface area contributed by atoms with Crippen LogP contribution in [0.1, 0.15) is 355 Å². The fraction of sp³-hybridized carbons (Fsp3) is 0.840. The van der Waals surface area contributed by atoms with Crippen molar-refractivity contribution in [1.29, 1.82) is 0 Å². The molecule has 3 atom stereocenters. The maximum Gasteiger partial charge on any atom is 0.306 e. The van der Waals surface area contributed by atoms with Crippen molar-refractivity contribution in [1.82, 2.24) is 5.32 Å². The molecule has 0 aliphatic carbocycles. The molecule has 0 fully saturated rings. The molecule has 0 aromatic heterocycles. The average Bonchev–Trinajstić information content (AvgIpc) is 3.50. The van der Waals surface area contributed by atoms with Crippen LogP contribution in [0.25, 0.3) is 0 Å².